The van der Waals surface area contributed by atoms with Crippen LogP contribution in [0.4, 0.5) is 0 Å². The van der Waals surface area contributed by atoms with Crippen molar-refractivity contribution in [3.8, 4) is 0 Å². The van der Waals surface area contributed by atoms with Gasteiger partial charge in [0.15, 0.2) is 6.29 Å². The summed E-state index contributed by atoms with van der Waals surface area (Å²) < 4.78 is 34.5. The molecule has 6 aromatic rings. The summed E-state index contributed by atoms with van der Waals surface area (Å²) in [6.45, 7) is 3.24. The summed E-state index contributed by atoms with van der Waals surface area (Å²) in [6.07, 6.45) is -2.09. The minimum Gasteiger partial charge on any atom is -0.374 e. The van der Waals surface area contributed by atoms with Crippen LogP contribution in [0.15, 0.2) is 182 Å². The van der Waals surface area contributed by atoms with E-state index < -0.39 is 24.6 Å². The van der Waals surface area contributed by atoms with Crippen molar-refractivity contribution in [1.82, 2.24) is 4.90 Å². The van der Waals surface area contributed by atoms with Gasteiger partial charge >= 0.3 is 0 Å². The summed E-state index contributed by atoms with van der Waals surface area (Å²) in [4.78, 5) is 2.44. The van der Waals surface area contributed by atoms with E-state index in [2.05, 4.69) is 114 Å². The van der Waals surface area contributed by atoms with Gasteiger partial charge in [-0.1, -0.05) is 182 Å². The van der Waals surface area contributed by atoms with Gasteiger partial charge in [-0.3, -0.25) is 4.90 Å². The predicted molar refractivity (Wildman–Crippen MR) is 212 cm³/mol. The highest BCUT2D eigenvalue weighted by atomic mass is 16.7. The maximum absolute atomic E-state index is 7.13. The van der Waals surface area contributed by atoms with Gasteiger partial charge in [-0.05, 0) is 33.4 Å². The average molecular weight is 720 g/mol. The van der Waals surface area contributed by atoms with Crippen molar-refractivity contribution >= 4 is 0 Å². The lowest BCUT2D eigenvalue weighted by molar-refractivity contribution is -0.310. The Hall–Kier alpha value is -4.92. The smallest absolute Gasteiger partial charge is 0.176 e. The third-order valence-corrected chi connectivity index (χ3v) is 9.71. The van der Waals surface area contributed by atoms with Crippen molar-refractivity contribution in [1.29, 1.82) is 0 Å². The van der Waals surface area contributed by atoms with Crippen LogP contribution >= 0.6 is 0 Å². The Morgan fingerprint density at radius 2 is 0.741 bits per heavy atom. The number of hydrogen-bond donors (Lipinski definition) is 0. The lowest BCUT2D eigenvalue weighted by Gasteiger charge is -2.50. The first-order chi connectivity index (χ1) is 26.8. The monoisotopic (exact) mass is 719 g/mol. The standard InChI is InChI=1S/C48H49NO5/c1-7-19-38(20-8-1)31-49(32-39-21-9-2-10-22-39)45-47(52-35-42-27-15-5-16-28-42)46(51-34-41-25-13-4-14-26-41)44(37-50-33-40-23-11-3-12-24-40)54-48(45)53-36-43-29-17-6-18-30-43/h1-30,44-48H,31-37H2/t44-,45-,46-,47-,48?/m1/s1. The van der Waals surface area contributed by atoms with Crippen LogP contribution in [-0.2, 0) is 63.2 Å². The molecule has 6 heteroatoms. The van der Waals surface area contributed by atoms with Crippen LogP contribution in [0.5, 0.6) is 0 Å². The molecular formula is C48H49NO5. The SMILES string of the molecule is c1ccc(COC[C@H]2OC(OCc3ccccc3)[C@H](N(Cc3ccccc3)Cc3ccccc3)[C@@H](OCc3ccccc3)[C@@H]2OCc2ccccc2)cc1. The molecule has 6 nitrogen and oxygen atoms in total. The van der Waals surface area contributed by atoms with Crippen molar-refractivity contribution in [2.45, 2.75) is 70.2 Å². The van der Waals surface area contributed by atoms with E-state index in [0.717, 1.165) is 22.3 Å². The summed E-state index contributed by atoms with van der Waals surface area (Å²) in [5, 5.41) is 0. The summed E-state index contributed by atoms with van der Waals surface area (Å²) in [5.74, 6) is 0. The molecule has 276 valence electrons. The predicted octanol–water partition coefficient (Wildman–Crippen LogP) is 9.39. The fourth-order valence-electron chi connectivity index (χ4n) is 6.99. The summed E-state index contributed by atoms with van der Waals surface area (Å²) in [5.41, 5.74) is 6.70. The first-order valence-corrected chi connectivity index (χ1v) is 18.8. The van der Waals surface area contributed by atoms with E-state index in [-0.39, 0.29) is 6.04 Å². The van der Waals surface area contributed by atoms with E-state index in [1.807, 2.05) is 72.8 Å². The molecule has 5 atom stereocenters. The zero-order chi connectivity index (χ0) is 36.6. The summed E-state index contributed by atoms with van der Waals surface area (Å²) in [7, 11) is 0. The largest absolute Gasteiger partial charge is 0.374 e. The number of nitrogens with zero attached hydrogens (tertiary/aromatic N) is 1. The van der Waals surface area contributed by atoms with Crippen molar-refractivity contribution in [3.63, 3.8) is 0 Å². The molecule has 0 radical (unpaired) electrons. The van der Waals surface area contributed by atoms with Gasteiger partial charge in [0, 0.05) is 13.1 Å². The van der Waals surface area contributed by atoms with E-state index in [0.29, 0.717) is 46.1 Å². The molecule has 0 bridgehead atoms. The molecule has 0 amide bonds. The van der Waals surface area contributed by atoms with E-state index in [9.17, 15) is 0 Å². The third-order valence-electron chi connectivity index (χ3n) is 9.71. The third kappa shape index (κ3) is 10.8. The molecule has 1 unspecified atom stereocenters. The highest BCUT2D eigenvalue weighted by molar-refractivity contribution is 5.20. The van der Waals surface area contributed by atoms with Gasteiger partial charge in [0.05, 0.1) is 39.1 Å². The quantitative estimate of drug-likeness (QED) is 0.0883. The fourth-order valence-corrected chi connectivity index (χ4v) is 6.99. The van der Waals surface area contributed by atoms with Crippen molar-refractivity contribution in [3.05, 3.63) is 215 Å². The Kier molecular flexibility index (Phi) is 13.8. The topological polar surface area (TPSA) is 49.4 Å². The number of hydrogen-bond acceptors (Lipinski definition) is 6. The van der Waals surface area contributed by atoms with Crippen LogP contribution < -0.4 is 0 Å². The Morgan fingerprint density at radius 1 is 0.389 bits per heavy atom. The van der Waals surface area contributed by atoms with Gasteiger partial charge in [0.1, 0.15) is 18.3 Å². The van der Waals surface area contributed by atoms with Crippen molar-refractivity contribution in [2.75, 3.05) is 6.61 Å². The molecule has 0 aromatic heterocycles. The molecule has 1 saturated heterocycles. The van der Waals surface area contributed by atoms with Crippen LogP contribution in [0.1, 0.15) is 33.4 Å². The maximum atomic E-state index is 7.13. The highest BCUT2D eigenvalue weighted by Gasteiger charge is 2.50. The second-order valence-corrected chi connectivity index (χ2v) is 13.7. The molecule has 0 N–H and O–H groups in total. The normalized spacial score (nSPS) is 19.8. The molecule has 0 aliphatic carbocycles. The van der Waals surface area contributed by atoms with Gasteiger partial charge in [-0.25, -0.2) is 0 Å². The van der Waals surface area contributed by atoms with Crippen LogP contribution in [0, 0.1) is 0 Å². The molecule has 6 aromatic carbocycles. The number of ether oxygens (including phenoxy) is 5. The Bertz CT molecular complexity index is 1860. The van der Waals surface area contributed by atoms with Crippen molar-refractivity contribution in [2.24, 2.45) is 0 Å². The molecule has 1 fully saturated rings. The summed E-state index contributed by atoms with van der Waals surface area (Å²) in [6, 6.07) is 61.9. The van der Waals surface area contributed by atoms with Gasteiger partial charge in [-0.15, -0.1) is 0 Å². The number of rotatable bonds is 18. The minimum absolute atomic E-state index is 0.300. The van der Waals surface area contributed by atoms with E-state index in [1.54, 1.807) is 0 Å². The van der Waals surface area contributed by atoms with E-state index in [1.165, 1.54) is 11.1 Å². The molecule has 0 spiro atoms. The molecule has 54 heavy (non-hydrogen) atoms. The fraction of sp³-hybridized carbons (Fsp3) is 0.250. The maximum Gasteiger partial charge on any atom is 0.176 e. The Labute approximate surface area is 319 Å². The van der Waals surface area contributed by atoms with Crippen LogP contribution in [0.25, 0.3) is 0 Å². The lowest BCUT2D eigenvalue weighted by Crippen LogP contribution is -2.65. The molecular weight excluding hydrogens is 671 g/mol. The minimum atomic E-state index is -0.666. The second-order valence-electron chi connectivity index (χ2n) is 13.7. The van der Waals surface area contributed by atoms with E-state index in [4.69, 9.17) is 23.7 Å². The molecule has 1 heterocycles. The van der Waals surface area contributed by atoms with Crippen LogP contribution in [-0.4, -0.2) is 42.2 Å². The van der Waals surface area contributed by atoms with Gasteiger partial charge < -0.3 is 23.7 Å². The zero-order valence-corrected chi connectivity index (χ0v) is 30.6. The van der Waals surface area contributed by atoms with Gasteiger partial charge in [0.25, 0.3) is 0 Å². The van der Waals surface area contributed by atoms with Gasteiger partial charge in [-0.2, -0.15) is 0 Å². The number of benzene rings is 6. The van der Waals surface area contributed by atoms with Gasteiger partial charge in [0.2, 0.25) is 0 Å². The Morgan fingerprint density at radius 3 is 1.17 bits per heavy atom. The first kappa shape index (κ1) is 37.4. The zero-order valence-electron chi connectivity index (χ0n) is 30.6. The summed E-state index contributed by atoms with van der Waals surface area (Å²) >= 11 is 0. The lowest BCUT2D eigenvalue weighted by atomic mass is 9.93. The Balaban J connectivity index is 1.28. The molecule has 7 rings (SSSR count). The molecule has 1 aliphatic heterocycles. The average Bonchev–Trinajstić information content (AvgIpc) is 3.23. The first-order valence-electron chi connectivity index (χ1n) is 18.8. The van der Waals surface area contributed by atoms with Crippen molar-refractivity contribution < 1.29 is 23.7 Å². The highest BCUT2D eigenvalue weighted by Crippen LogP contribution is 2.34. The second kappa shape index (κ2) is 20.0. The van der Waals surface area contributed by atoms with Crippen LogP contribution in [0.2, 0.25) is 0 Å². The molecule has 1 aliphatic rings. The van der Waals surface area contributed by atoms with E-state index >= 15 is 0 Å². The van der Waals surface area contributed by atoms with Crippen LogP contribution in [0.3, 0.4) is 0 Å². The molecule has 0 saturated carbocycles.